The van der Waals surface area contributed by atoms with Crippen molar-refractivity contribution in [3.63, 3.8) is 0 Å². The third kappa shape index (κ3) is 5.00. The monoisotopic (exact) mass is 302 g/mol. The first-order chi connectivity index (χ1) is 10.0. The largest absolute Gasteiger partial charge is 0.383 e. The van der Waals surface area contributed by atoms with Crippen LogP contribution in [0.4, 0.5) is 8.78 Å². The molecule has 0 radical (unpaired) electrons. The van der Waals surface area contributed by atoms with Gasteiger partial charge in [-0.2, -0.15) is 0 Å². The van der Waals surface area contributed by atoms with Crippen LogP contribution in [-0.4, -0.2) is 51.5 Å². The number of benzene rings is 1. The van der Waals surface area contributed by atoms with E-state index in [4.69, 9.17) is 15.2 Å². The van der Waals surface area contributed by atoms with Crippen molar-refractivity contribution in [2.75, 3.05) is 40.5 Å². The highest BCUT2D eigenvalue weighted by atomic mass is 19.1. The maximum Gasteiger partial charge on any atom is 0.130 e. The number of ether oxygens (including phenoxy) is 2. The van der Waals surface area contributed by atoms with Gasteiger partial charge in [0.2, 0.25) is 0 Å². The molecule has 6 heteroatoms. The Labute approximate surface area is 124 Å². The van der Waals surface area contributed by atoms with Crippen LogP contribution in [0.1, 0.15) is 18.5 Å². The van der Waals surface area contributed by atoms with E-state index in [-0.39, 0.29) is 18.6 Å². The second-order valence-corrected chi connectivity index (χ2v) is 4.95. The van der Waals surface area contributed by atoms with Crippen molar-refractivity contribution >= 4 is 0 Å². The molecule has 21 heavy (non-hydrogen) atoms. The SMILES string of the molecule is COCCN(C(C)COC)C(CN)c1ccc(F)cc1F. The Morgan fingerprint density at radius 3 is 2.48 bits per heavy atom. The quantitative estimate of drug-likeness (QED) is 0.757. The highest BCUT2D eigenvalue weighted by Crippen LogP contribution is 2.25. The molecule has 1 rings (SSSR count). The van der Waals surface area contributed by atoms with Crippen molar-refractivity contribution < 1.29 is 18.3 Å². The molecule has 1 aromatic rings. The molecule has 0 saturated carbocycles. The number of hydrogen-bond donors (Lipinski definition) is 1. The van der Waals surface area contributed by atoms with Crippen LogP contribution in [0, 0.1) is 11.6 Å². The van der Waals surface area contributed by atoms with E-state index in [0.29, 0.717) is 25.3 Å². The van der Waals surface area contributed by atoms with Gasteiger partial charge >= 0.3 is 0 Å². The summed E-state index contributed by atoms with van der Waals surface area (Å²) in [6.07, 6.45) is 0. The zero-order valence-electron chi connectivity index (χ0n) is 12.8. The van der Waals surface area contributed by atoms with Gasteiger partial charge in [0.15, 0.2) is 0 Å². The van der Waals surface area contributed by atoms with Gasteiger partial charge in [0, 0.05) is 45.0 Å². The first-order valence-corrected chi connectivity index (χ1v) is 6.93. The summed E-state index contributed by atoms with van der Waals surface area (Å²) in [4.78, 5) is 2.02. The van der Waals surface area contributed by atoms with Crippen LogP contribution >= 0.6 is 0 Å². The molecule has 0 spiro atoms. The molecule has 0 heterocycles. The Morgan fingerprint density at radius 1 is 1.24 bits per heavy atom. The number of rotatable bonds is 9. The van der Waals surface area contributed by atoms with Gasteiger partial charge in [-0.25, -0.2) is 8.78 Å². The minimum atomic E-state index is -0.597. The summed E-state index contributed by atoms with van der Waals surface area (Å²) in [5.41, 5.74) is 6.22. The van der Waals surface area contributed by atoms with Gasteiger partial charge in [-0.3, -0.25) is 4.90 Å². The van der Waals surface area contributed by atoms with Crippen molar-refractivity contribution in [3.8, 4) is 0 Å². The maximum absolute atomic E-state index is 14.0. The van der Waals surface area contributed by atoms with Crippen molar-refractivity contribution in [2.45, 2.75) is 19.0 Å². The molecule has 0 aliphatic heterocycles. The predicted molar refractivity (Wildman–Crippen MR) is 78.1 cm³/mol. The molecular weight excluding hydrogens is 278 g/mol. The molecule has 0 amide bonds. The molecule has 0 saturated heterocycles. The van der Waals surface area contributed by atoms with E-state index in [9.17, 15) is 8.78 Å². The first kappa shape index (κ1) is 18.0. The summed E-state index contributed by atoms with van der Waals surface area (Å²) >= 11 is 0. The third-order valence-electron chi connectivity index (χ3n) is 3.47. The molecular formula is C15H24F2N2O2. The van der Waals surface area contributed by atoms with Gasteiger partial charge < -0.3 is 15.2 Å². The highest BCUT2D eigenvalue weighted by molar-refractivity contribution is 5.23. The number of hydrogen-bond acceptors (Lipinski definition) is 4. The van der Waals surface area contributed by atoms with Gasteiger partial charge in [-0.1, -0.05) is 6.07 Å². The molecule has 2 N–H and O–H groups in total. The molecule has 2 unspecified atom stereocenters. The average molecular weight is 302 g/mol. The molecule has 120 valence electrons. The fourth-order valence-electron chi connectivity index (χ4n) is 2.43. The first-order valence-electron chi connectivity index (χ1n) is 6.93. The van der Waals surface area contributed by atoms with E-state index >= 15 is 0 Å². The van der Waals surface area contributed by atoms with Gasteiger partial charge in [-0.15, -0.1) is 0 Å². The molecule has 0 bridgehead atoms. The summed E-state index contributed by atoms with van der Waals surface area (Å²) in [5.74, 6) is -1.18. The van der Waals surface area contributed by atoms with Gasteiger partial charge in [0.25, 0.3) is 0 Å². The van der Waals surface area contributed by atoms with Crippen LogP contribution in [0.2, 0.25) is 0 Å². The minimum Gasteiger partial charge on any atom is -0.383 e. The highest BCUT2D eigenvalue weighted by Gasteiger charge is 2.26. The zero-order chi connectivity index (χ0) is 15.8. The van der Waals surface area contributed by atoms with E-state index in [1.165, 1.54) is 12.1 Å². The van der Waals surface area contributed by atoms with E-state index in [2.05, 4.69) is 0 Å². The van der Waals surface area contributed by atoms with Crippen molar-refractivity contribution in [1.29, 1.82) is 0 Å². The molecule has 0 fully saturated rings. The fourth-order valence-corrected chi connectivity index (χ4v) is 2.43. The van der Waals surface area contributed by atoms with Crippen molar-refractivity contribution in [1.82, 2.24) is 4.90 Å². The molecule has 0 aromatic heterocycles. The van der Waals surface area contributed by atoms with Gasteiger partial charge in [0.05, 0.1) is 19.3 Å². The molecule has 0 aliphatic rings. The summed E-state index contributed by atoms with van der Waals surface area (Å²) in [7, 11) is 3.22. The standard InChI is InChI=1S/C15H24F2N2O2/c1-11(10-21-3)19(6-7-20-2)15(9-18)13-5-4-12(16)8-14(13)17/h4-5,8,11,15H,6-7,9-10,18H2,1-3H3. The van der Waals surface area contributed by atoms with Crippen LogP contribution in [0.25, 0.3) is 0 Å². The predicted octanol–water partition coefficient (Wildman–Crippen LogP) is 1.95. The summed E-state index contributed by atoms with van der Waals surface area (Å²) in [6.45, 7) is 3.76. The number of nitrogens with zero attached hydrogens (tertiary/aromatic N) is 1. The van der Waals surface area contributed by atoms with Crippen LogP contribution in [0.5, 0.6) is 0 Å². The Hall–Kier alpha value is -1.08. The lowest BCUT2D eigenvalue weighted by molar-refractivity contribution is 0.0477. The zero-order valence-corrected chi connectivity index (χ0v) is 12.8. The lowest BCUT2D eigenvalue weighted by Gasteiger charge is -2.36. The van der Waals surface area contributed by atoms with E-state index < -0.39 is 11.6 Å². The topological polar surface area (TPSA) is 47.7 Å². The third-order valence-corrected chi connectivity index (χ3v) is 3.47. The number of methoxy groups -OCH3 is 2. The van der Waals surface area contributed by atoms with E-state index in [1.807, 2.05) is 11.8 Å². The normalized spacial score (nSPS) is 14.4. The number of nitrogens with two attached hydrogens (primary N) is 1. The van der Waals surface area contributed by atoms with E-state index in [1.54, 1.807) is 14.2 Å². The lowest BCUT2D eigenvalue weighted by atomic mass is 10.0. The fraction of sp³-hybridized carbons (Fsp3) is 0.600. The Bertz CT molecular complexity index is 432. The van der Waals surface area contributed by atoms with Crippen LogP contribution in [0.3, 0.4) is 0 Å². The van der Waals surface area contributed by atoms with Crippen LogP contribution < -0.4 is 5.73 Å². The summed E-state index contributed by atoms with van der Waals surface area (Å²) in [5, 5.41) is 0. The smallest absolute Gasteiger partial charge is 0.130 e. The summed E-state index contributed by atoms with van der Waals surface area (Å²) < 4.78 is 37.4. The molecule has 0 aliphatic carbocycles. The van der Waals surface area contributed by atoms with Gasteiger partial charge in [-0.05, 0) is 13.0 Å². The van der Waals surface area contributed by atoms with Crippen LogP contribution in [-0.2, 0) is 9.47 Å². The molecule has 1 aromatic carbocycles. The lowest BCUT2D eigenvalue weighted by Crippen LogP contribution is -2.44. The Kier molecular flexibility index (Phi) is 7.74. The average Bonchev–Trinajstić information content (AvgIpc) is 2.45. The van der Waals surface area contributed by atoms with Crippen molar-refractivity contribution in [3.05, 3.63) is 35.4 Å². The summed E-state index contributed by atoms with van der Waals surface area (Å²) in [6, 6.07) is 3.25. The van der Waals surface area contributed by atoms with E-state index in [0.717, 1.165) is 6.07 Å². The minimum absolute atomic E-state index is 0.0307. The second-order valence-electron chi connectivity index (χ2n) is 4.95. The van der Waals surface area contributed by atoms with Crippen LogP contribution in [0.15, 0.2) is 18.2 Å². The second kappa shape index (κ2) is 9.04. The molecule has 4 nitrogen and oxygen atoms in total. The van der Waals surface area contributed by atoms with Crippen molar-refractivity contribution in [2.24, 2.45) is 5.73 Å². The molecule has 2 atom stereocenters. The van der Waals surface area contributed by atoms with Gasteiger partial charge in [0.1, 0.15) is 11.6 Å². The Balaban J connectivity index is 3.04. The maximum atomic E-state index is 14.0. The number of halogens is 2. The Morgan fingerprint density at radius 2 is 1.95 bits per heavy atom.